The first-order valence-electron chi connectivity index (χ1n) is 9.61. The Hall–Kier alpha value is -4.54. The lowest BCUT2D eigenvalue weighted by atomic mass is 10.2. The minimum Gasteiger partial charge on any atom is -0.467 e. The van der Waals surface area contributed by atoms with Crippen molar-refractivity contribution in [1.29, 1.82) is 0 Å². The first-order chi connectivity index (χ1) is 15.8. The van der Waals surface area contributed by atoms with Gasteiger partial charge in [0.2, 0.25) is 5.88 Å². The molecule has 0 radical (unpaired) electrons. The van der Waals surface area contributed by atoms with Gasteiger partial charge in [-0.2, -0.15) is 9.78 Å². The molecule has 168 valence electrons. The van der Waals surface area contributed by atoms with Gasteiger partial charge < -0.3 is 14.5 Å². The molecule has 33 heavy (non-hydrogen) atoms. The zero-order valence-corrected chi connectivity index (χ0v) is 17.1. The number of furan rings is 1. The van der Waals surface area contributed by atoms with Crippen LogP contribution >= 0.6 is 0 Å². The number of nitro groups is 1. The van der Waals surface area contributed by atoms with Gasteiger partial charge in [-0.05, 0) is 49.4 Å². The van der Waals surface area contributed by atoms with Crippen molar-refractivity contribution in [1.82, 2.24) is 15.1 Å². The summed E-state index contributed by atoms with van der Waals surface area (Å²) in [4.78, 5) is 22.9. The fourth-order valence-electron chi connectivity index (χ4n) is 3.03. The number of hydrogen-bond donors (Lipinski definition) is 1. The molecule has 0 fully saturated rings. The molecule has 2 aromatic heterocycles. The molecule has 0 saturated heterocycles. The smallest absolute Gasteiger partial charge is 0.272 e. The summed E-state index contributed by atoms with van der Waals surface area (Å²) in [5, 5.41) is 17.8. The number of rotatable bonds is 7. The van der Waals surface area contributed by atoms with E-state index in [9.17, 15) is 23.7 Å². The van der Waals surface area contributed by atoms with Gasteiger partial charge >= 0.3 is 0 Å². The van der Waals surface area contributed by atoms with E-state index in [0.717, 1.165) is 18.2 Å². The minimum absolute atomic E-state index is 0.0109. The van der Waals surface area contributed by atoms with Gasteiger partial charge in [0.1, 0.15) is 11.6 Å². The molecule has 4 rings (SSSR count). The van der Waals surface area contributed by atoms with Crippen molar-refractivity contribution in [2.24, 2.45) is 0 Å². The van der Waals surface area contributed by atoms with Crippen molar-refractivity contribution in [2.45, 2.75) is 13.5 Å². The third-order valence-corrected chi connectivity index (χ3v) is 4.69. The molecular formula is C22H16F2N4O5. The number of carbonyl (C=O) groups excluding carboxylic acids is 1. The monoisotopic (exact) mass is 454 g/mol. The minimum atomic E-state index is -0.973. The van der Waals surface area contributed by atoms with Crippen molar-refractivity contribution in [3.05, 3.63) is 99.6 Å². The van der Waals surface area contributed by atoms with Crippen LogP contribution < -0.4 is 10.1 Å². The van der Waals surface area contributed by atoms with Crippen molar-refractivity contribution in [2.75, 3.05) is 0 Å². The number of halogens is 2. The lowest BCUT2D eigenvalue weighted by Gasteiger charge is -2.10. The summed E-state index contributed by atoms with van der Waals surface area (Å²) in [7, 11) is 0. The fourth-order valence-corrected chi connectivity index (χ4v) is 3.03. The third-order valence-electron chi connectivity index (χ3n) is 4.69. The first-order valence-corrected chi connectivity index (χ1v) is 9.61. The number of carbonyl (C=O) groups is 1. The number of amides is 1. The molecule has 2 heterocycles. The van der Waals surface area contributed by atoms with Crippen LogP contribution in [-0.4, -0.2) is 20.6 Å². The van der Waals surface area contributed by atoms with Crippen molar-refractivity contribution in [3.8, 4) is 17.3 Å². The summed E-state index contributed by atoms with van der Waals surface area (Å²) in [6.07, 6.45) is 1.47. The van der Waals surface area contributed by atoms with Crippen LogP contribution in [0.3, 0.4) is 0 Å². The number of aromatic nitrogens is 2. The van der Waals surface area contributed by atoms with E-state index >= 15 is 0 Å². The van der Waals surface area contributed by atoms with Gasteiger partial charge in [0.25, 0.3) is 11.6 Å². The highest BCUT2D eigenvalue weighted by Crippen LogP contribution is 2.33. The normalized spacial score (nSPS) is 10.8. The van der Waals surface area contributed by atoms with E-state index in [1.54, 1.807) is 19.1 Å². The second-order valence-corrected chi connectivity index (χ2v) is 6.90. The second kappa shape index (κ2) is 8.91. The van der Waals surface area contributed by atoms with Crippen LogP contribution in [0.15, 0.2) is 65.3 Å². The number of ether oxygens (including phenoxy) is 1. The van der Waals surface area contributed by atoms with E-state index < -0.39 is 28.2 Å². The standard InChI is InChI=1S/C22H16F2N4O5/c1-13-20(21(29)25-12-17-3-2-10-32-17)26-27(15-6-4-14(23)5-7-15)22(13)33-19-9-8-16(28(30)31)11-18(19)24/h2-11H,12H2,1H3,(H,25,29). The van der Waals surface area contributed by atoms with Crippen molar-refractivity contribution < 1.29 is 27.7 Å². The zero-order valence-electron chi connectivity index (χ0n) is 17.1. The fraction of sp³-hybridized carbons (Fsp3) is 0.0909. The highest BCUT2D eigenvalue weighted by atomic mass is 19.1. The Balaban J connectivity index is 1.71. The van der Waals surface area contributed by atoms with Crippen LogP contribution in [0.2, 0.25) is 0 Å². The maximum atomic E-state index is 14.5. The van der Waals surface area contributed by atoms with E-state index in [4.69, 9.17) is 9.15 Å². The largest absolute Gasteiger partial charge is 0.467 e. The van der Waals surface area contributed by atoms with Gasteiger partial charge in [0.15, 0.2) is 17.3 Å². The molecule has 0 aliphatic rings. The predicted octanol–water partition coefficient (Wildman–Crippen LogP) is 4.68. The number of nitro benzene ring substituents is 1. The summed E-state index contributed by atoms with van der Waals surface area (Å²) in [5.41, 5.74) is 0.167. The Bertz CT molecular complexity index is 1320. The zero-order chi connectivity index (χ0) is 23.5. The molecule has 0 aliphatic carbocycles. The molecule has 1 N–H and O–H groups in total. The summed E-state index contributed by atoms with van der Waals surface area (Å²) < 4.78 is 40.0. The van der Waals surface area contributed by atoms with Crippen LogP contribution in [0, 0.1) is 28.7 Å². The van der Waals surface area contributed by atoms with E-state index in [-0.39, 0.29) is 29.4 Å². The van der Waals surface area contributed by atoms with Gasteiger partial charge in [-0.15, -0.1) is 0 Å². The molecule has 4 aromatic rings. The maximum Gasteiger partial charge on any atom is 0.272 e. The van der Waals surface area contributed by atoms with Crippen LogP contribution in [0.25, 0.3) is 5.69 Å². The maximum absolute atomic E-state index is 14.5. The number of hydrogen-bond acceptors (Lipinski definition) is 6. The van der Waals surface area contributed by atoms with Crippen LogP contribution in [-0.2, 0) is 6.54 Å². The van der Waals surface area contributed by atoms with E-state index in [0.29, 0.717) is 11.4 Å². The number of nitrogens with one attached hydrogen (secondary N) is 1. The summed E-state index contributed by atoms with van der Waals surface area (Å²) in [6.45, 7) is 1.66. The van der Waals surface area contributed by atoms with Crippen LogP contribution in [0.5, 0.6) is 11.6 Å². The number of non-ortho nitro benzene ring substituents is 1. The van der Waals surface area contributed by atoms with E-state index in [2.05, 4.69) is 10.4 Å². The summed E-state index contributed by atoms with van der Waals surface area (Å²) >= 11 is 0. The first kappa shape index (κ1) is 21.7. The topological polar surface area (TPSA) is 112 Å². The molecule has 11 heteroatoms. The number of nitrogens with zero attached hydrogens (tertiary/aromatic N) is 3. The lowest BCUT2D eigenvalue weighted by molar-refractivity contribution is -0.385. The van der Waals surface area contributed by atoms with Gasteiger partial charge in [-0.1, -0.05) is 0 Å². The Morgan fingerprint density at radius 1 is 1.21 bits per heavy atom. The highest BCUT2D eigenvalue weighted by molar-refractivity contribution is 5.94. The summed E-state index contributed by atoms with van der Waals surface area (Å²) in [5.74, 6) is -1.80. The average molecular weight is 454 g/mol. The lowest BCUT2D eigenvalue weighted by Crippen LogP contribution is -2.23. The van der Waals surface area contributed by atoms with Gasteiger partial charge in [-0.3, -0.25) is 14.9 Å². The molecular weight excluding hydrogens is 438 g/mol. The molecule has 0 unspecified atom stereocenters. The Labute approximate surface area is 185 Å². The van der Waals surface area contributed by atoms with Gasteiger partial charge in [0.05, 0.1) is 29.5 Å². The predicted molar refractivity (Wildman–Crippen MR) is 111 cm³/mol. The molecule has 0 bridgehead atoms. The van der Waals surface area contributed by atoms with Crippen molar-refractivity contribution >= 4 is 11.6 Å². The molecule has 1 amide bonds. The van der Waals surface area contributed by atoms with Gasteiger partial charge in [0, 0.05) is 11.6 Å². The quantitative estimate of drug-likeness (QED) is 0.320. The van der Waals surface area contributed by atoms with E-state index in [1.807, 2.05) is 0 Å². The van der Waals surface area contributed by atoms with E-state index in [1.165, 1.54) is 35.2 Å². The third kappa shape index (κ3) is 4.56. The molecule has 9 nitrogen and oxygen atoms in total. The molecule has 0 aliphatic heterocycles. The molecule has 2 aromatic carbocycles. The molecule has 0 saturated carbocycles. The second-order valence-electron chi connectivity index (χ2n) is 6.90. The number of benzene rings is 2. The van der Waals surface area contributed by atoms with Gasteiger partial charge in [-0.25, -0.2) is 8.78 Å². The Morgan fingerprint density at radius 2 is 1.97 bits per heavy atom. The van der Waals surface area contributed by atoms with Crippen LogP contribution in [0.1, 0.15) is 21.8 Å². The highest BCUT2D eigenvalue weighted by Gasteiger charge is 2.24. The van der Waals surface area contributed by atoms with Crippen LogP contribution in [0.4, 0.5) is 14.5 Å². The Kier molecular flexibility index (Phi) is 5.85. The molecule has 0 atom stereocenters. The average Bonchev–Trinajstić information content (AvgIpc) is 3.42. The summed E-state index contributed by atoms with van der Waals surface area (Å²) in [6, 6.07) is 11.5. The SMILES string of the molecule is Cc1c(C(=O)NCc2ccco2)nn(-c2ccc(F)cc2)c1Oc1ccc([N+](=O)[O-])cc1F. The molecule has 0 spiro atoms. The Morgan fingerprint density at radius 3 is 2.61 bits per heavy atom. The van der Waals surface area contributed by atoms with Crippen molar-refractivity contribution in [3.63, 3.8) is 0 Å².